The van der Waals surface area contributed by atoms with E-state index < -0.39 is 0 Å². The van der Waals surface area contributed by atoms with Crippen LogP contribution in [0.2, 0.25) is 0 Å². The molecule has 0 bridgehead atoms. The molecule has 2 aromatic carbocycles. The minimum absolute atomic E-state index is 0.0565. The van der Waals surface area contributed by atoms with E-state index in [-0.39, 0.29) is 18.6 Å². The molecule has 0 unspecified atom stereocenters. The van der Waals surface area contributed by atoms with Gasteiger partial charge in [0.15, 0.2) is 6.61 Å². The zero-order valence-electron chi connectivity index (χ0n) is 12.8. The third-order valence-electron chi connectivity index (χ3n) is 4.02. The Kier molecular flexibility index (Phi) is 4.42. The van der Waals surface area contributed by atoms with Crippen LogP contribution in [0.4, 0.5) is 0 Å². The van der Waals surface area contributed by atoms with Gasteiger partial charge in [0.05, 0.1) is 6.04 Å². The Hall–Kier alpha value is -2.29. The van der Waals surface area contributed by atoms with Gasteiger partial charge in [0.25, 0.3) is 5.91 Å². The molecule has 1 amide bonds. The highest BCUT2D eigenvalue weighted by Crippen LogP contribution is 2.40. The number of aryl methyl sites for hydroxylation is 1. The fraction of sp³-hybridized carbons (Fsp3) is 0.316. The lowest BCUT2D eigenvalue weighted by molar-refractivity contribution is -0.124. The van der Waals surface area contributed by atoms with Crippen molar-refractivity contribution >= 4 is 5.91 Å². The molecule has 114 valence electrons. The second kappa shape index (κ2) is 6.65. The number of hydrogen-bond acceptors (Lipinski definition) is 2. The average molecular weight is 295 g/mol. The van der Waals surface area contributed by atoms with Crippen molar-refractivity contribution in [1.29, 1.82) is 0 Å². The molecule has 0 aromatic heterocycles. The summed E-state index contributed by atoms with van der Waals surface area (Å²) in [5.74, 6) is 1.26. The summed E-state index contributed by atoms with van der Waals surface area (Å²) in [6.45, 7) is 2.03. The molecular weight excluding hydrogens is 274 g/mol. The molecule has 0 aliphatic heterocycles. The topological polar surface area (TPSA) is 38.3 Å². The van der Waals surface area contributed by atoms with Gasteiger partial charge in [0.1, 0.15) is 5.75 Å². The summed E-state index contributed by atoms with van der Waals surface area (Å²) < 4.78 is 5.62. The molecule has 1 saturated carbocycles. The van der Waals surface area contributed by atoms with E-state index in [0.717, 1.165) is 11.3 Å². The molecule has 22 heavy (non-hydrogen) atoms. The van der Waals surface area contributed by atoms with Gasteiger partial charge in [0, 0.05) is 0 Å². The summed E-state index contributed by atoms with van der Waals surface area (Å²) >= 11 is 0. The van der Waals surface area contributed by atoms with Gasteiger partial charge < -0.3 is 10.1 Å². The van der Waals surface area contributed by atoms with Crippen molar-refractivity contribution in [3.05, 3.63) is 65.7 Å². The maximum atomic E-state index is 12.2. The van der Waals surface area contributed by atoms with Gasteiger partial charge in [-0.3, -0.25) is 4.79 Å². The number of hydrogen-bond donors (Lipinski definition) is 1. The first-order valence-electron chi connectivity index (χ1n) is 7.77. The zero-order valence-corrected chi connectivity index (χ0v) is 12.8. The van der Waals surface area contributed by atoms with E-state index in [0.29, 0.717) is 5.92 Å². The smallest absolute Gasteiger partial charge is 0.258 e. The van der Waals surface area contributed by atoms with Gasteiger partial charge >= 0.3 is 0 Å². The molecule has 1 atom stereocenters. The number of carbonyl (C=O) groups excluding carboxylic acids is 1. The Bertz CT molecular complexity index is 635. The summed E-state index contributed by atoms with van der Waals surface area (Å²) in [4.78, 5) is 12.2. The maximum Gasteiger partial charge on any atom is 0.258 e. The monoisotopic (exact) mass is 295 g/mol. The minimum Gasteiger partial charge on any atom is -0.484 e. The van der Waals surface area contributed by atoms with Crippen LogP contribution in [0.25, 0.3) is 0 Å². The highest BCUT2D eigenvalue weighted by Gasteiger charge is 2.33. The zero-order chi connectivity index (χ0) is 15.4. The lowest BCUT2D eigenvalue weighted by Crippen LogP contribution is -2.33. The van der Waals surface area contributed by atoms with Crippen LogP contribution >= 0.6 is 0 Å². The Balaban J connectivity index is 1.59. The van der Waals surface area contributed by atoms with Crippen LogP contribution in [0.5, 0.6) is 5.75 Å². The molecule has 1 fully saturated rings. The number of nitrogens with one attached hydrogen (secondary N) is 1. The number of ether oxygens (including phenoxy) is 1. The van der Waals surface area contributed by atoms with E-state index in [9.17, 15) is 4.79 Å². The van der Waals surface area contributed by atoms with Gasteiger partial charge in [-0.25, -0.2) is 0 Å². The lowest BCUT2D eigenvalue weighted by atomic mass is 10.0. The van der Waals surface area contributed by atoms with E-state index in [2.05, 4.69) is 17.4 Å². The summed E-state index contributed by atoms with van der Waals surface area (Å²) in [7, 11) is 0. The van der Waals surface area contributed by atoms with E-state index in [1.165, 1.54) is 18.4 Å². The van der Waals surface area contributed by atoms with Crippen molar-refractivity contribution in [2.45, 2.75) is 25.8 Å². The number of amides is 1. The predicted octanol–water partition coefficient (Wildman–Crippen LogP) is 3.64. The normalized spacial score (nSPS) is 15.1. The number of carbonyl (C=O) groups is 1. The molecule has 0 spiro atoms. The van der Waals surface area contributed by atoms with Crippen LogP contribution in [0.1, 0.15) is 30.0 Å². The van der Waals surface area contributed by atoms with Gasteiger partial charge in [-0.05, 0) is 42.9 Å². The van der Waals surface area contributed by atoms with E-state index in [4.69, 9.17) is 4.74 Å². The molecule has 1 N–H and O–H groups in total. The summed E-state index contributed by atoms with van der Waals surface area (Å²) in [6, 6.07) is 18.0. The summed E-state index contributed by atoms with van der Waals surface area (Å²) in [5.41, 5.74) is 2.21. The van der Waals surface area contributed by atoms with Crippen molar-refractivity contribution in [3.63, 3.8) is 0 Å². The highest BCUT2D eigenvalue weighted by molar-refractivity contribution is 5.78. The standard InChI is InChI=1S/C19H21NO2/c1-14-7-5-6-10-17(14)22-13-18(21)20-19(16-11-12-16)15-8-3-2-4-9-15/h2-10,16,19H,11-13H2,1H3,(H,20,21)/t19-/m1/s1. The van der Waals surface area contributed by atoms with Crippen LogP contribution in [0.15, 0.2) is 54.6 Å². The van der Waals surface area contributed by atoms with Crippen molar-refractivity contribution in [2.24, 2.45) is 5.92 Å². The molecule has 0 radical (unpaired) electrons. The van der Waals surface area contributed by atoms with E-state index in [1.54, 1.807) is 0 Å². The summed E-state index contributed by atoms with van der Waals surface area (Å²) in [6.07, 6.45) is 2.36. The Morgan fingerprint density at radius 2 is 1.82 bits per heavy atom. The average Bonchev–Trinajstić information content (AvgIpc) is 3.37. The van der Waals surface area contributed by atoms with E-state index in [1.807, 2.05) is 49.4 Å². The van der Waals surface area contributed by atoms with Crippen LogP contribution < -0.4 is 10.1 Å². The van der Waals surface area contributed by atoms with Crippen LogP contribution in [0, 0.1) is 12.8 Å². The Morgan fingerprint density at radius 1 is 1.14 bits per heavy atom. The Morgan fingerprint density at radius 3 is 2.50 bits per heavy atom. The van der Waals surface area contributed by atoms with Gasteiger partial charge in [-0.15, -0.1) is 0 Å². The van der Waals surface area contributed by atoms with Crippen LogP contribution in [0.3, 0.4) is 0 Å². The first-order valence-corrected chi connectivity index (χ1v) is 7.77. The Labute approximate surface area is 131 Å². The second-order valence-electron chi connectivity index (χ2n) is 5.85. The third kappa shape index (κ3) is 3.67. The molecule has 0 heterocycles. The molecule has 1 aliphatic rings. The second-order valence-corrected chi connectivity index (χ2v) is 5.85. The molecule has 3 heteroatoms. The van der Waals surface area contributed by atoms with Crippen molar-refractivity contribution in [3.8, 4) is 5.75 Å². The largest absolute Gasteiger partial charge is 0.484 e. The maximum absolute atomic E-state index is 12.2. The molecule has 2 aromatic rings. The molecule has 1 aliphatic carbocycles. The lowest BCUT2D eigenvalue weighted by Gasteiger charge is -2.19. The first-order chi connectivity index (χ1) is 10.7. The van der Waals surface area contributed by atoms with Crippen molar-refractivity contribution in [2.75, 3.05) is 6.61 Å². The van der Waals surface area contributed by atoms with Crippen LogP contribution in [-0.4, -0.2) is 12.5 Å². The van der Waals surface area contributed by atoms with Gasteiger partial charge in [-0.2, -0.15) is 0 Å². The summed E-state index contributed by atoms with van der Waals surface area (Å²) in [5, 5.41) is 3.12. The first kappa shape index (κ1) is 14.6. The number of rotatable bonds is 6. The fourth-order valence-electron chi connectivity index (χ4n) is 2.64. The fourth-order valence-corrected chi connectivity index (χ4v) is 2.64. The molecular formula is C19H21NO2. The molecule has 3 rings (SSSR count). The minimum atomic E-state index is -0.0657. The number of benzene rings is 2. The molecule has 3 nitrogen and oxygen atoms in total. The SMILES string of the molecule is Cc1ccccc1OCC(=O)N[C@H](c1ccccc1)C1CC1. The van der Waals surface area contributed by atoms with E-state index >= 15 is 0 Å². The van der Waals surface area contributed by atoms with Crippen molar-refractivity contribution in [1.82, 2.24) is 5.32 Å². The quantitative estimate of drug-likeness (QED) is 0.883. The highest BCUT2D eigenvalue weighted by atomic mass is 16.5. The van der Waals surface area contributed by atoms with Gasteiger partial charge in [-0.1, -0.05) is 48.5 Å². The van der Waals surface area contributed by atoms with Gasteiger partial charge in [0.2, 0.25) is 0 Å². The van der Waals surface area contributed by atoms with Crippen LogP contribution in [-0.2, 0) is 4.79 Å². The third-order valence-corrected chi connectivity index (χ3v) is 4.02. The molecule has 0 saturated heterocycles. The van der Waals surface area contributed by atoms with Crippen molar-refractivity contribution < 1.29 is 9.53 Å². The predicted molar refractivity (Wildman–Crippen MR) is 86.7 cm³/mol. The number of para-hydroxylation sites is 1.